The minimum atomic E-state index is 0. The molecule has 0 radical (unpaired) electrons. The highest BCUT2D eigenvalue weighted by molar-refractivity contribution is 5.85. The van der Waals surface area contributed by atoms with Crippen molar-refractivity contribution in [2.45, 2.75) is 0 Å². The Balaban J connectivity index is 0.000000980. The maximum atomic E-state index is 5.12. The highest BCUT2D eigenvalue weighted by atomic mass is 35.5. The maximum Gasteiger partial charge on any atom is 0.145 e. The van der Waals surface area contributed by atoms with E-state index in [1.807, 2.05) is 30.3 Å². The fraction of sp³-hybridized carbons (Fsp3) is 0. The van der Waals surface area contributed by atoms with Crippen molar-refractivity contribution in [2.75, 3.05) is 0 Å². The van der Waals surface area contributed by atoms with Crippen LogP contribution in [-0.2, 0) is 0 Å². The molecule has 1 aromatic heterocycles. The topological polar surface area (TPSA) is 22.1 Å². The molecule has 0 aliphatic carbocycles. The van der Waals surface area contributed by atoms with E-state index < -0.39 is 0 Å². The molecule has 2 nitrogen and oxygen atoms in total. The molecular weight excluding hydrogens is 198 g/mol. The summed E-state index contributed by atoms with van der Waals surface area (Å²) in [4.78, 5) is 4.23. The van der Waals surface area contributed by atoms with Gasteiger partial charge in [-0.15, -0.1) is 12.4 Å². The van der Waals surface area contributed by atoms with Gasteiger partial charge in [-0.3, -0.25) is 4.98 Å². The van der Waals surface area contributed by atoms with Crippen molar-refractivity contribution in [3.8, 4) is 5.75 Å². The van der Waals surface area contributed by atoms with Crippen molar-refractivity contribution in [2.24, 2.45) is 0 Å². The summed E-state index contributed by atoms with van der Waals surface area (Å²) in [6, 6.07) is 9.83. The molecule has 3 heteroatoms. The highest BCUT2D eigenvalue weighted by Gasteiger charge is 1.95. The number of pyridine rings is 1. The number of rotatable bonds is 2. The van der Waals surface area contributed by atoms with Crippen LogP contribution in [0.2, 0.25) is 0 Å². The van der Waals surface area contributed by atoms with Crippen LogP contribution in [-0.4, -0.2) is 4.98 Å². The number of hydrogen-bond donors (Lipinski definition) is 0. The van der Waals surface area contributed by atoms with Gasteiger partial charge in [0, 0.05) is 5.39 Å². The largest absolute Gasteiger partial charge is 0.464 e. The molecule has 2 rings (SSSR count). The lowest BCUT2D eigenvalue weighted by molar-refractivity contribution is 0.482. The van der Waals surface area contributed by atoms with Gasteiger partial charge >= 0.3 is 0 Å². The second kappa shape index (κ2) is 4.63. The molecule has 1 heterocycles. The molecular formula is C11H10ClNO. The molecule has 1 aromatic carbocycles. The zero-order chi connectivity index (χ0) is 9.10. The lowest BCUT2D eigenvalue weighted by Crippen LogP contribution is -1.83. The molecule has 0 amide bonds. The number of ether oxygens (including phenoxy) is 1. The van der Waals surface area contributed by atoms with E-state index in [0.29, 0.717) is 5.75 Å². The minimum absolute atomic E-state index is 0. The molecule has 0 N–H and O–H groups in total. The van der Waals surface area contributed by atoms with Crippen molar-refractivity contribution in [3.63, 3.8) is 0 Å². The van der Waals surface area contributed by atoms with Crippen LogP contribution in [0.1, 0.15) is 0 Å². The SMILES string of the molecule is C=COc1cnc2ccccc2c1.Cl. The normalized spacial score (nSPS) is 9.14. The third-order valence-electron chi connectivity index (χ3n) is 1.78. The van der Waals surface area contributed by atoms with E-state index in [2.05, 4.69) is 11.6 Å². The smallest absolute Gasteiger partial charge is 0.145 e. The Morgan fingerprint density at radius 3 is 2.86 bits per heavy atom. The molecule has 72 valence electrons. The standard InChI is InChI=1S/C11H9NO.ClH/c1-2-13-10-7-9-5-3-4-6-11(9)12-8-10;/h2-8H,1H2;1H. The number of hydrogen-bond acceptors (Lipinski definition) is 2. The van der Waals surface area contributed by atoms with Gasteiger partial charge in [0.1, 0.15) is 5.75 Å². The first kappa shape index (κ1) is 10.5. The Labute approximate surface area is 88.6 Å². The fourth-order valence-electron chi connectivity index (χ4n) is 1.21. The van der Waals surface area contributed by atoms with Gasteiger partial charge in [-0.05, 0) is 12.1 Å². The van der Waals surface area contributed by atoms with Crippen LogP contribution < -0.4 is 4.74 Å². The first-order valence-electron chi connectivity index (χ1n) is 4.02. The third kappa shape index (κ3) is 2.03. The summed E-state index contributed by atoms with van der Waals surface area (Å²) in [6.07, 6.45) is 3.08. The summed E-state index contributed by atoms with van der Waals surface area (Å²) in [5.74, 6) is 0.716. The fourth-order valence-corrected chi connectivity index (χ4v) is 1.21. The Bertz CT molecular complexity index is 442. The lowest BCUT2D eigenvalue weighted by atomic mass is 10.2. The number of para-hydroxylation sites is 1. The average Bonchev–Trinajstić information content (AvgIpc) is 2.18. The molecule has 0 unspecified atom stereocenters. The van der Waals surface area contributed by atoms with Crippen molar-refractivity contribution >= 4 is 23.3 Å². The quantitative estimate of drug-likeness (QED) is 0.706. The molecule has 0 saturated heterocycles. The molecule has 0 saturated carbocycles. The summed E-state index contributed by atoms with van der Waals surface area (Å²) < 4.78 is 5.12. The van der Waals surface area contributed by atoms with Crippen LogP contribution in [0.15, 0.2) is 49.4 Å². The molecule has 14 heavy (non-hydrogen) atoms. The van der Waals surface area contributed by atoms with Gasteiger partial charge in [0.05, 0.1) is 18.0 Å². The molecule has 0 spiro atoms. The van der Waals surface area contributed by atoms with Gasteiger partial charge in [0.2, 0.25) is 0 Å². The number of fused-ring (bicyclic) bond motifs is 1. The Kier molecular flexibility index (Phi) is 3.48. The van der Waals surface area contributed by atoms with Crippen LogP contribution in [0.3, 0.4) is 0 Å². The van der Waals surface area contributed by atoms with Crippen molar-refractivity contribution in [3.05, 3.63) is 49.4 Å². The van der Waals surface area contributed by atoms with Gasteiger partial charge in [0.25, 0.3) is 0 Å². The second-order valence-electron chi connectivity index (χ2n) is 2.65. The Hall–Kier alpha value is -1.54. The van der Waals surface area contributed by atoms with Crippen LogP contribution in [0, 0.1) is 0 Å². The van der Waals surface area contributed by atoms with Crippen molar-refractivity contribution in [1.29, 1.82) is 0 Å². The monoisotopic (exact) mass is 207 g/mol. The zero-order valence-corrected chi connectivity index (χ0v) is 8.33. The van der Waals surface area contributed by atoms with E-state index in [4.69, 9.17) is 4.74 Å². The van der Waals surface area contributed by atoms with Gasteiger partial charge in [-0.2, -0.15) is 0 Å². The van der Waals surface area contributed by atoms with E-state index in [-0.39, 0.29) is 12.4 Å². The van der Waals surface area contributed by atoms with E-state index in [9.17, 15) is 0 Å². The molecule has 0 bridgehead atoms. The predicted molar refractivity (Wildman–Crippen MR) is 59.8 cm³/mol. The predicted octanol–water partition coefficient (Wildman–Crippen LogP) is 3.18. The minimum Gasteiger partial charge on any atom is -0.464 e. The Morgan fingerprint density at radius 1 is 1.29 bits per heavy atom. The van der Waals surface area contributed by atoms with Crippen LogP contribution in [0.25, 0.3) is 10.9 Å². The van der Waals surface area contributed by atoms with E-state index in [0.717, 1.165) is 10.9 Å². The Morgan fingerprint density at radius 2 is 2.07 bits per heavy atom. The maximum absolute atomic E-state index is 5.12. The highest BCUT2D eigenvalue weighted by Crippen LogP contribution is 2.17. The van der Waals surface area contributed by atoms with E-state index >= 15 is 0 Å². The first-order valence-corrected chi connectivity index (χ1v) is 4.02. The van der Waals surface area contributed by atoms with Gasteiger partial charge in [-0.1, -0.05) is 24.8 Å². The molecule has 0 aliphatic rings. The zero-order valence-electron chi connectivity index (χ0n) is 7.51. The molecule has 2 aromatic rings. The number of halogens is 1. The number of aromatic nitrogens is 1. The van der Waals surface area contributed by atoms with Gasteiger partial charge in [-0.25, -0.2) is 0 Å². The van der Waals surface area contributed by atoms with Gasteiger partial charge < -0.3 is 4.74 Å². The van der Waals surface area contributed by atoms with E-state index in [1.54, 1.807) is 6.20 Å². The average molecular weight is 208 g/mol. The summed E-state index contributed by atoms with van der Waals surface area (Å²) in [5, 5.41) is 1.07. The van der Waals surface area contributed by atoms with Crippen LogP contribution >= 0.6 is 12.4 Å². The van der Waals surface area contributed by atoms with Crippen molar-refractivity contribution < 1.29 is 4.74 Å². The molecule has 0 aliphatic heterocycles. The lowest BCUT2D eigenvalue weighted by Gasteiger charge is -2.00. The third-order valence-corrected chi connectivity index (χ3v) is 1.78. The summed E-state index contributed by atoms with van der Waals surface area (Å²) in [7, 11) is 0. The summed E-state index contributed by atoms with van der Waals surface area (Å²) in [5.41, 5.74) is 0.971. The summed E-state index contributed by atoms with van der Waals surface area (Å²) >= 11 is 0. The summed E-state index contributed by atoms with van der Waals surface area (Å²) in [6.45, 7) is 3.49. The van der Waals surface area contributed by atoms with Gasteiger partial charge in [0.15, 0.2) is 0 Å². The van der Waals surface area contributed by atoms with E-state index in [1.165, 1.54) is 6.26 Å². The number of nitrogens with zero attached hydrogens (tertiary/aromatic N) is 1. The second-order valence-corrected chi connectivity index (χ2v) is 2.65. The van der Waals surface area contributed by atoms with Crippen molar-refractivity contribution in [1.82, 2.24) is 4.98 Å². The molecule has 0 fully saturated rings. The van der Waals surface area contributed by atoms with Crippen LogP contribution in [0.4, 0.5) is 0 Å². The molecule has 0 atom stereocenters. The van der Waals surface area contributed by atoms with Crippen LogP contribution in [0.5, 0.6) is 5.75 Å². The number of benzene rings is 1. The first-order chi connectivity index (χ1) is 6.40.